The van der Waals surface area contributed by atoms with Gasteiger partial charge in [0, 0.05) is 0 Å². The van der Waals surface area contributed by atoms with Crippen LogP contribution < -0.4 is 0 Å². The van der Waals surface area contributed by atoms with Crippen molar-refractivity contribution in [1.29, 1.82) is 0 Å². The van der Waals surface area contributed by atoms with E-state index in [1.807, 2.05) is 0 Å². The second-order valence-electron chi connectivity index (χ2n) is 3.16. The molecule has 0 bridgehead atoms. The Balaban J connectivity index is 2.66. The molecule has 17 heavy (non-hydrogen) atoms. The number of benzene rings is 1. The summed E-state index contributed by atoms with van der Waals surface area (Å²) in [5, 5.41) is 0.941. The van der Waals surface area contributed by atoms with Gasteiger partial charge in [0.15, 0.2) is 12.0 Å². The molecule has 88 valence electrons. The Morgan fingerprint density at radius 1 is 1.00 bits per heavy atom. The third kappa shape index (κ3) is 2.31. The standard InChI is InChI=1S/C11H4Cl4O2/c12-6-3-7(13)10(14)11(15)9(6)8-2-1-5(4-16)17-8/h1-4H. The first-order valence-electron chi connectivity index (χ1n) is 4.43. The molecule has 2 rings (SSSR count). The molecule has 1 aromatic heterocycles. The van der Waals surface area contributed by atoms with Gasteiger partial charge in [0.1, 0.15) is 5.76 Å². The van der Waals surface area contributed by atoms with Gasteiger partial charge in [0.25, 0.3) is 0 Å². The molecule has 6 heteroatoms. The van der Waals surface area contributed by atoms with Crippen LogP contribution in [0.5, 0.6) is 0 Å². The summed E-state index contributed by atoms with van der Waals surface area (Å²) >= 11 is 23.8. The molecule has 0 aliphatic heterocycles. The summed E-state index contributed by atoms with van der Waals surface area (Å²) in [6.07, 6.45) is 0.586. The fourth-order valence-corrected chi connectivity index (χ4v) is 2.44. The van der Waals surface area contributed by atoms with Crippen LogP contribution in [0.2, 0.25) is 20.1 Å². The van der Waals surface area contributed by atoms with E-state index in [-0.39, 0.29) is 20.8 Å². The molecule has 0 radical (unpaired) electrons. The Morgan fingerprint density at radius 2 is 1.71 bits per heavy atom. The summed E-state index contributed by atoms with van der Waals surface area (Å²) in [6, 6.07) is 4.56. The minimum atomic E-state index is 0.179. The third-order valence-corrected chi connectivity index (χ3v) is 3.66. The number of furan rings is 1. The van der Waals surface area contributed by atoms with Crippen molar-refractivity contribution in [3.63, 3.8) is 0 Å². The Kier molecular flexibility index (Phi) is 3.69. The van der Waals surface area contributed by atoms with Crippen LogP contribution in [-0.2, 0) is 0 Å². The van der Waals surface area contributed by atoms with Gasteiger partial charge in [-0.05, 0) is 18.2 Å². The van der Waals surface area contributed by atoms with Gasteiger partial charge in [0.2, 0.25) is 0 Å². The Bertz CT molecular complexity index is 589. The molecule has 0 saturated heterocycles. The minimum Gasteiger partial charge on any atom is -0.453 e. The highest BCUT2D eigenvalue weighted by atomic mass is 35.5. The normalized spacial score (nSPS) is 10.6. The number of aldehydes is 1. The van der Waals surface area contributed by atoms with Crippen LogP contribution in [0.4, 0.5) is 0 Å². The highest BCUT2D eigenvalue weighted by Crippen LogP contribution is 2.43. The molecule has 0 spiro atoms. The van der Waals surface area contributed by atoms with Gasteiger partial charge in [0.05, 0.1) is 25.7 Å². The molecule has 0 N–H and O–H groups in total. The van der Waals surface area contributed by atoms with E-state index >= 15 is 0 Å². The average Bonchev–Trinajstić information content (AvgIpc) is 2.74. The molecule has 0 amide bonds. The maximum atomic E-state index is 10.5. The molecule has 2 aromatic rings. The van der Waals surface area contributed by atoms with Gasteiger partial charge >= 0.3 is 0 Å². The Hall–Kier alpha value is -0.670. The van der Waals surface area contributed by atoms with E-state index < -0.39 is 0 Å². The molecule has 0 saturated carbocycles. The summed E-state index contributed by atoms with van der Waals surface area (Å²) in [5.41, 5.74) is 0.413. The van der Waals surface area contributed by atoms with E-state index in [1.165, 1.54) is 12.1 Å². The quantitative estimate of drug-likeness (QED) is 0.424. The van der Waals surface area contributed by atoms with E-state index in [1.54, 1.807) is 6.07 Å². The molecule has 0 unspecified atom stereocenters. The number of rotatable bonds is 2. The first kappa shape index (κ1) is 12.8. The molecular formula is C11H4Cl4O2. The number of carbonyl (C=O) groups is 1. The van der Waals surface area contributed by atoms with Crippen molar-refractivity contribution in [2.24, 2.45) is 0 Å². The summed E-state index contributed by atoms with van der Waals surface area (Å²) in [7, 11) is 0. The average molecular weight is 310 g/mol. The fourth-order valence-electron chi connectivity index (χ4n) is 1.34. The molecule has 1 aromatic carbocycles. The molecular weight excluding hydrogens is 306 g/mol. The number of hydrogen-bond acceptors (Lipinski definition) is 2. The highest BCUT2D eigenvalue weighted by Gasteiger charge is 2.18. The van der Waals surface area contributed by atoms with E-state index in [4.69, 9.17) is 50.8 Å². The van der Waals surface area contributed by atoms with E-state index in [0.717, 1.165) is 0 Å². The fraction of sp³-hybridized carbons (Fsp3) is 0. The summed E-state index contributed by atoms with van der Waals surface area (Å²) in [6.45, 7) is 0. The second-order valence-corrected chi connectivity index (χ2v) is 4.73. The van der Waals surface area contributed by atoms with Gasteiger partial charge in [-0.25, -0.2) is 0 Å². The summed E-state index contributed by atoms with van der Waals surface area (Å²) in [4.78, 5) is 10.5. The topological polar surface area (TPSA) is 30.2 Å². The third-order valence-electron chi connectivity index (χ3n) is 2.10. The van der Waals surface area contributed by atoms with Crippen molar-refractivity contribution < 1.29 is 9.21 Å². The summed E-state index contributed by atoms with van der Waals surface area (Å²) in [5.74, 6) is 0.541. The lowest BCUT2D eigenvalue weighted by Crippen LogP contribution is -1.82. The summed E-state index contributed by atoms with van der Waals surface area (Å²) < 4.78 is 5.24. The maximum absolute atomic E-state index is 10.5. The zero-order chi connectivity index (χ0) is 12.6. The van der Waals surface area contributed by atoms with Crippen molar-refractivity contribution in [3.8, 4) is 11.3 Å². The maximum Gasteiger partial charge on any atom is 0.185 e. The van der Waals surface area contributed by atoms with Crippen LogP contribution in [0, 0.1) is 0 Å². The van der Waals surface area contributed by atoms with E-state index in [0.29, 0.717) is 22.6 Å². The van der Waals surface area contributed by atoms with Crippen molar-refractivity contribution in [2.45, 2.75) is 0 Å². The Labute approximate surface area is 117 Å². The van der Waals surface area contributed by atoms with Gasteiger partial charge in [-0.2, -0.15) is 0 Å². The lowest BCUT2D eigenvalue weighted by molar-refractivity contribution is 0.110. The molecule has 0 aliphatic carbocycles. The Morgan fingerprint density at radius 3 is 2.29 bits per heavy atom. The van der Waals surface area contributed by atoms with Crippen LogP contribution in [0.3, 0.4) is 0 Å². The second kappa shape index (κ2) is 4.91. The number of carbonyl (C=O) groups excluding carboxylic acids is 1. The smallest absolute Gasteiger partial charge is 0.185 e. The zero-order valence-electron chi connectivity index (χ0n) is 8.14. The number of halogens is 4. The van der Waals surface area contributed by atoms with Crippen molar-refractivity contribution in [2.75, 3.05) is 0 Å². The van der Waals surface area contributed by atoms with Crippen molar-refractivity contribution in [1.82, 2.24) is 0 Å². The lowest BCUT2D eigenvalue weighted by Gasteiger charge is -2.07. The molecule has 1 heterocycles. The zero-order valence-corrected chi connectivity index (χ0v) is 11.2. The number of hydrogen-bond donors (Lipinski definition) is 0. The van der Waals surface area contributed by atoms with Gasteiger partial charge in [-0.15, -0.1) is 0 Å². The minimum absolute atomic E-state index is 0.179. The molecule has 0 atom stereocenters. The van der Waals surface area contributed by atoms with Gasteiger partial charge in [-0.1, -0.05) is 46.4 Å². The highest BCUT2D eigenvalue weighted by molar-refractivity contribution is 6.51. The van der Waals surface area contributed by atoms with Crippen molar-refractivity contribution in [3.05, 3.63) is 44.0 Å². The van der Waals surface area contributed by atoms with Crippen LogP contribution in [0.25, 0.3) is 11.3 Å². The first-order chi connectivity index (χ1) is 8.04. The SMILES string of the molecule is O=Cc1ccc(-c2c(Cl)cc(Cl)c(Cl)c2Cl)o1. The van der Waals surface area contributed by atoms with E-state index in [2.05, 4.69) is 0 Å². The first-order valence-corrected chi connectivity index (χ1v) is 5.94. The van der Waals surface area contributed by atoms with Crippen LogP contribution in [0.1, 0.15) is 10.6 Å². The molecule has 2 nitrogen and oxygen atoms in total. The van der Waals surface area contributed by atoms with E-state index in [9.17, 15) is 4.79 Å². The van der Waals surface area contributed by atoms with Gasteiger partial charge in [-0.3, -0.25) is 4.79 Å². The van der Waals surface area contributed by atoms with Crippen LogP contribution in [0.15, 0.2) is 22.6 Å². The van der Waals surface area contributed by atoms with Crippen molar-refractivity contribution >= 4 is 52.7 Å². The predicted molar refractivity (Wildman–Crippen MR) is 69.6 cm³/mol. The van der Waals surface area contributed by atoms with Gasteiger partial charge < -0.3 is 4.42 Å². The lowest BCUT2D eigenvalue weighted by atomic mass is 10.2. The van der Waals surface area contributed by atoms with Crippen LogP contribution >= 0.6 is 46.4 Å². The molecule has 0 fully saturated rings. The monoisotopic (exact) mass is 308 g/mol. The largest absolute Gasteiger partial charge is 0.453 e. The molecule has 0 aliphatic rings. The predicted octanol–water partition coefficient (Wildman–Crippen LogP) is 5.37. The van der Waals surface area contributed by atoms with Crippen LogP contribution in [-0.4, -0.2) is 6.29 Å².